The number of rotatable bonds is 8. The smallest absolute Gasteiger partial charge is 0.258 e. The predicted octanol–water partition coefficient (Wildman–Crippen LogP) is 2.52. The molecule has 11 heteroatoms. The van der Waals surface area contributed by atoms with Crippen LogP contribution in [0, 0.1) is 17.8 Å². The van der Waals surface area contributed by atoms with Gasteiger partial charge in [-0.1, -0.05) is 31.7 Å². The average molecular weight is 638 g/mol. The second-order valence-electron chi connectivity index (χ2n) is 14.3. The summed E-state index contributed by atoms with van der Waals surface area (Å²) in [5.41, 5.74) is 1.01. The highest BCUT2D eigenvalue weighted by molar-refractivity contribution is 6.20. The van der Waals surface area contributed by atoms with Crippen LogP contribution in [0.15, 0.2) is 36.2 Å². The van der Waals surface area contributed by atoms with Crippen molar-refractivity contribution in [2.45, 2.75) is 94.3 Å². The van der Waals surface area contributed by atoms with E-state index in [1.807, 2.05) is 18.2 Å². The predicted molar refractivity (Wildman–Crippen MR) is 168 cm³/mol. The van der Waals surface area contributed by atoms with Gasteiger partial charge < -0.3 is 24.6 Å². The zero-order chi connectivity index (χ0) is 31.8. The molecule has 1 N–H and O–H groups in total. The fraction of sp³-hybridized carbons (Fsp3) is 0.714. The second kappa shape index (κ2) is 13.7. The van der Waals surface area contributed by atoms with Crippen LogP contribution in [-0.4, -0.2) is 120 Å². The SMILES string of the molecule is CN(CCc1ccccn1)C(=O)C1=CN2C3CC4CCCCC4CC3OC3C(NC(=O)CCN4CCOCC4)C(F)CC(C1=O)C32. The number of carbonyl (C=O) groups is 3. The number of aromatic nitrogens is 1. The lowest BCUT2D eigenvalue weighted by Gasteiger charge is -2.60. The summed E-state index contributed by atoms with van der Waals surface area (Å²) in [5, 5.41) is 3.01. The highest BCUT2D eigenvalue weighted by Crippen LogP contribution is 2.50. The Labute approximate surface area is 271 Å². The Hall–Kier alpha value is -2.89. The normalized spacial score (nSPS) is 35.7. The van der Waals surface area contributed by atoms with Crippen molar-refractivity contribution in [2.75, 3.05) is 46.4 Å². The van der Waals surface area contributed by atoms with E-state index in [0.717, 1.165) is 31.6 Å². The lowest BCUT2D eigenvalue weighted by molar-refractivity contribution is -0.208. The summed E-state index contributed by atoms with van der Waals surface area (Å²) in [7, 11) is 1.71. The van der Waals surface area contributed by atoms with Crippen LogP contribution >= 0.6 is 0 Å². The van der Waals surface area contributed by atoms with Gasteiger partial charge in [-0.25, -0.2) is 4.39 Å². The first kappa shape index (κ1) is 31.7. The minimum atomic E-state index is -1.46. The molecule has 1 aromatic heterocycles. The molecule has 9 atom stereocenters. The Morgan fingerprint density at radius 2 is 1.89 bits per heavy atom. The first-order chi connectivity index (χ1) is 22.4. The quantitative estimate of drug-likeness (QED) is 0.434. The Bertz CT molecular complexity index is 1310. The van der Waals surface area contributed by atoms with E-state index in [4.69, 9.17) is 9.47 Å². The number of halogens is 1. The number of pyridine rings is 1. The third-order valence-corrected chi connectivity index (χ3v) is 11.6. The van der Waals surface area contributed by atoms with Gasteiger partial charge in [-0.15, -0.1) is 0 Å². The summed E-state index contributed by atoms with van der Waals surface area (Å²) >= 11 is 0. The summed E-state index contributed by atoms with van der Waals surface area (Å²) in [4.78, 5) is 51.5. The number of nitrogens with one attached hydrogen (secondary N) is 1. The van der Waals surface area contributed by atoms with Crippen LogP contribution < -0.4 is 5.32 Å². The van der Waals surface area contributed by atoms with E-state index in [1.54, 1.807) is 24.3 Å². The fourth-order valence-corrected chi connectivity index (χ4v) is 9.09. The molecule has 0 spiro atoms. The molecule has 3 aliphatic heterocycles. The summed E-state index contributed by atoms with van der Waals surface area (Å²) in [6.45, 7) is 3.89. The van der Waals surface area contributed by atoms with Crippen molar-refractivity contribution >= 4 is 17.6 Å². The maximum Gasteiger partial charge on any atom is 0.258 e. The van der Waals surface area contributed by atoms with Crippen molar-refractivity contribution in [3.05, 3.63) is 41.9 Å². The third-order valence-electron chi connectivity index (χ3n) is 11.6. The number of likely N-dealkylation sites (N-methyl/N-ethyl adjacent to an activating group) is 1. The lowest BCUT2D eigenvalue weighted by atomic mass is 9.65. The van der Waals surface area contributed by atoms with E-state index < -0.39 is 30.3 Å². The fourth-order valence-electron chi connectivity index (χ4n) is 9.09. The molecule has 250 valence electrons. The number of fused-ring (bicyclic) bond motifs is 3. The van der Waals surface area contributed by atoms with Crippen LogP contribution in [0.5, 0.6) is 0 Å². The van der Waals surface area contributed by atoms with Crippen molar-refractivity contribution in [3.8, 4) is 0 Å². The van der Waals surface area contributed by atoms with Crippen molar-refractivity contribution in [2.24, 2.45) is 17.8 Å². The standard InChI is InChI=1S/C35H48FN5O5/c1-39(12-9-24-8-4-5-11-37-24)35(44)26-21-41-28-18-22-6-2-3-7-23(22)19-29(28)46-34-31(27(36)20-25(32(34)41)33(26)43)38-30(42)10-13-40-14-16-45-17-15-40/h4-5,8,11,21-23,25,27-29,31-32,34H,2-3,6-7,9-10,12-20H2,1H3,(H,38,42). The van der Waals surface area contributed by atoms with Crippen LogP contribution in [0.3, 0.4) is 0 Å². The van der Waals surface area contributed by atoms with Crippen molar-refractivity contribution in [1.82, 2.24) is 25.0 Å². The van der Waals surface area contributed by atoms with Gasteiger partial charge in [-0.05, 0) is 43.2 Å². The van der Waals surface area contributed by atoms with Crippen LogP contribution in [-0.2, 0) is 30.3 Å². The third kappa shape index (κ3) is 6.34. The topological polar surface area (TPSA) is 104 Å². The van der Waals surface area contributed by atoms with Crippen LogP contribution in [0.2, 0.25) is 0 Å². The maximum absolute atomic E-state index is 16.2. The zero-order valence-corrected chi connectivity index (χ0v) is 26.9. The Morgan fingerprint density at radius 3 is 2.65 bits per heavy atom. The van der Waals surface area contributed by atoms with Gasteiger partial charge in [0.1, 0.15) is 12.3 Å². The molecule has 0 radical (unpaired) electrons. The van der Waals surface area contributed by atoms with E-state index in [2.05, 4.69) is 20.1 Å². The molecular weight excluding hydrogens is 589 g/mol. The maximum atomic E-state index is 16.2. The Balaban J connectivity index is 1.13. The molecule has 46 heavy (non-hydrogen) atoms. The highest BCUT2D eigenvalue weighted by Gasteiger charge is 2.60. The zero-order valence-electron chi connectivity index (χ0n) is 26.9. The minimum Gasteiger partial charge on any atom is -0.379 e. The molecule has 3 saturated carbocycles. The highest BCUT2D eigenvalue weighted by atomic mass is 19.1. The summed E-state index contributed by atoms with van der Waals surface area (Å²) in [6.07, 6.45) is 8.73. The lowest BCUT2D eigenvalue weighted by Crippen LogP contribution is -2.73. The van der Waals surface area contributed by atoms with Crippen molar-refractivity contribution in [1.29, 1.82) is 0 Å². The number of carbonyl (C=O) groups excluding carboxylic acids is 3. The number of nitrogens with zero attached hydrogens (tertiary/aromatic N) is 4. The molecule has 0 aromatic carbocycles. The van der Waals surface area contributed by atoms with Gasteiger partial charge in [-0.2, -0.15) is 0 Å². The second-order valence-corrected chi connectivity index (χ2v) is 14.3. The van der Waals surface area contributed by atoms with Crippen molar-refractivity contribution < 1.29 is 28.2 Å². The molecule has 2 saturated heterocycles. The number of hydrogen-bond acceptors (Lipinski definition) is 8. The van der Waals surface area contributed by atoms with Gasteiger partial charge in [0, 0.05) is 70.1 Å². The molecular formula is C35H48FN5O5. The van der Waals surface area contributed by atoms with Crippen LogP contribution in [0.4, 0.5) is 4.39 Å². The molecule has 5 fully saturated rings. The number of morpholine rings is 2. The number of ketones is 1. The van der Waals surface area contributed by atoms with Gasteiger partial charge in [0.2, 0.25) is 5.91 Å². The largest absolute Gasteiger partial charge is 0.379 e. The molecule has 10 nitrogen and oxygen atoms in total. The number of hydrogen-bond donors (Lipinski definition) is 1. The number of amides is 2. The number of ether oxygens (including phenoxy) is 2. The van der Waals surface area contributed by atoms with E-state index >= 15 is 4.39 Å². The minimum absolute atomic E-state index is 0.0201. The van der Waals surface area contributed by atoms with Gasteiger partial charge in [0.25, 0.3) is 5.91 Å². The van der Waals surface area contributed by atoms with Gasteiger partial charge in [0.15, 0.2) is 5.78 Å². The first-order valence-electron chi connectivity index (χ1n) is 17.4. The van der Waals surface area contributed by atoms with E-state index in [-0.39, 0.29) is 48.2 Å². The molecule has 1 aromatic rings. The van der Waals surface area contributed by atoms with Crippen LogP contribution in [0.1, 0.15) is 57.1 Å². The van der Waals surface area contributed by atoms with Gasteiger partial charge in [0.05, 0.1) is 43.0 Å². The molecule has 3 aliphatic carbocycles. The molecule has 6 aliphatic rings. The monoisotopic (exact) mass is 637 g/mol. The molecule has 0 bridgehead atoms. The summed E-state index contributed by atoms with van der Waals surface area (Å²) < 4.78 is 28.5. The van der Waals surface area contributed by atoms with Crippen LogP contribution in [0.25, 0.3) is 0 Å². The summed E-state index contributed by atoms with van der Waals surface area (Å²) in [5.74, 6) is -0.391. The average Bonchev–Trinajstić information content (AvgIpc) is 3.08. The first-order valence-corrected chi connectivity index (χ1v) is 17.4. The molecule has 4 heterocycles. The van der Waals surface area contributed by atoms with Gasteiger partial charge in [-0.3, -0.25) is 24.3 Å². The van der Waals surface area contributed by atoms with Gasteiger partial charge >= 0.3 is 0 Å². The molecule has 7 rings (SSSR count). The number of alkyl halides is 1. The summed E-state index contributed by atoms with van der Waals surface area (Å²) in [6, 6.07) is 4.46. The number of Topliss-reactive ketones (excluding diaryl/α,β-unsaturated/α-hetero) is 1. The molecule has 9 unspecified atom stereocenters. The van der Waals surface area contributed by atoms with E-state index in [1.165, 1.54) is 25.7 Å². The van der Waals surface area contributed by atoms with Crippen molar-refractivity contribution in [3.63, 3.8) is 0 Å². The molecule has 2 amide bonds. The Morgan fingerprint density at radius 1 is 1.11 bits per heavy atom. The van der Waals surface area contributed by atoms with E-state index in [0.29, 0.717) is 44.6 Å². The Kier molecular flexibility index (Phi) is 9.43. The van der Waals surface area contributed by atoms with E-state index in [9.17, 15) is 14.4 Å².